The number of carbonyl (C=O) groups is 1. The van der Waals surface area contributed by atoms with E-state index in [9.17, 15) is 4.79 Å². The first-order valence-electron chi connectivity index (χ1n) is 6.79. The Morgan fingerprint density at radius 2 is 1.83 bits per heavy atom. The zero-order valence-corrected chi connectivity index (χ0v) is 10.9. The van der Waals surface area contributed by atoms with Crippen LogP contribution in [0.15, 0.2) is 24.3 Å². The molecule has 0 saturated heterocycles. The van der Waals surface area contributed by atoms with E-state index in [0.29, 0.717) is 5.56 Å². The summed E-state index contributed by atoms with van der Waals surface area (Å²) in [5, 5.41) is 3.03. The maximum absolute atomic E-state index is 12.1. The zero-order valence-electron chi connectivity index (χ0n) is 10.9. The Balaban J connectivity index is 2.02. The highest BCUT2D eigenvalue weighted by Crippen LogP contribution is 2.22. The molecule has 0 aromatic heterocycles. The van der Waals surface area contributed by atoms with Crippen molar-refractivity contribution in [3.63, 3.8) is 0 Å². The van der Waals surface area contributed by atoms with E-state index in [-0.39, 0.29) is 12.1 Å². The van der Waals surface area contributed by atoms with Crippen LogP contribution in [-0.2, 0) is 4.74 Å². The predicted molar refractivity (Wildman–Crippen MR) is 72.9 cm³/mol. The first kappa shape index (κ1) is 12.9. The lowest BCUT2D eigenvalue weighted by molar-refractivity contribution is 0.0268. The molecule has 1 aromatic rings. The lowest BCUT2D eigenvalue weighted by Gasteiger charge is -2.16. The van der Waals surface area contributed by atoms with Crippen molar-refractivity contribution in [2.24, 2.45) is 0 Å². The Labute approximate surface area is 109 Å². The Morgan fingerprint density at radius 3 is 2.50 bits per heavy atom. The molecule has 0 atom stereocenters. The van der Waals surface area contributed by atoms with Crippen molar-refractivity contribution in [1.82, 2.24) is 0 Å². The molecular formula is C15H21NO2. The van der Waals surface area contributed by atoms with Gasteiger partial charge in [-0.05, 0) is 37.8 Å². The van der Waals surface area contributed by atoms with Gasteiger partial charge in [-0.25, -0.2) is 4.79 Å². The molecule has 0 amide bonds. The van der Waals surface area contributed by atoms with E-state index < -0.39 is 0 Å². The van der Waals surface area contributed by atoms with Crippen LogP contribution in [0.5, 0.6) is 0 Å². The van der Waals surface area contributed by atoms with E-state index in [1.807, 2.05) is 31.3 Å². The van der Waals surface area contributed by atoms with Gasteiger partial charge in [0.1, 0.15) is 6.10 Å². The highest BCUT2D eigenvalue weighted by atomic mass is 16.5. The topological polar surface area (TPSA) is 38.3 Å². The van der Waals surface area contributed by atoms with Crippen molar-refractivity contribution in [1.29, 1.82) is 0 Å². The fourth-order valence-corrected chi connectivity index (χ4v) is 2.45. The van der Waals surface area contributed by atoms with Crippen LogP contribution in [0.3, 0.4) is 0 Å². The number of benzene rings is 1. The minimum atomic E-state index is -0.202. The van der Waals surface area contributed by atoms with Gasteiger partial charge in [0.25, 0.3) is 0 Å². The maximum Gasteiger partial charge on any atom is 0.340 e. The number of hydrogen-bond donors (Lipinski definition) is 1. The minimum absolute atomic E-state index is 0.102. The van der Waals surface area contributed by atoms with E-state index in [1.165, 1.54) is 25.7 Å². The van der Waals surface area contributed by atoms with Crippen molar-refractivity contribution in [2.75, 3.05) is 12.4 Å². The third kappa shape index (κ3) is 3.25. The van der Waals surface area contributed by atoms with Gasteiger partial charge in [0.05, 0.1) is 5.56 Å². The fraction of sp³-hybridized carbons (Fsp3) is 0.533. The highest BCUT2D eigenvalue weighted by Gasteiger charge is 2.19. The maximum atomic E-state index is 12.1. The van der Waals surface area contributed by atoms with Gasteiger partial charge >= 0.3 is 5.97 Å². The number of carbonyl (C=O) groups excluding carboxylic acids is 1. The summed E-state index contributed by atoms with van der Waals surface area (Å²) in [5.74, 6) is -0.202. The number of esters is 1. The molecule has 1 fully saturated rings. The lowest BCUT2D eigenvalue weighted by Crippen LogP contribution is -2.18. The molecule has 0 spiro atoms. The summed E-state index contributed by atoms with van der Waals surface area (Å²) in [6, 6.07) is 7.48. The number of anilines is 1. The van der Waals surface area contributed by atoms with Crippen molar-refractivity contribution in [3.8, 4) is 0 Å². The standard InChI is InChI=1S/C15H21NO2/c1-16-14-11-7-6-10-13(14)15(17)18-12-8-4-2-3-5-9-12/h6-7,10-12,16H,2-5,8-9H2,1H3. The summed E-state index contributed by atoms with van der Waals surface area (Å²) in [6.45, 7) is 0. The van der Waals surface area contributed by atoms with Gasteiger partial charge in [0.15, 0.2) is 0 Å². The number of nitrogens with one attached hydrogen (secondary N) is 1. The summed E-state index contributed by atoms with van der Waals surface area (Å²) in [6.07, 6.45) is 6.99. The van der Waals surface area contributed by atoms with E-state index >= 15 is 0 Å². The van der Waals surface area contributed by atoms with Crippen LogP contribution in [0.25, 0.3) is 0 Å². The van der Waals surface area contributed by atoms with Gasteiger partial charge in [-0.15, -0.1) is 0 Å². The molecule has 0 bridgehead atoms. The normalized spacial score (nSPS) is 16.9. The number of ether oxygens (including phenoxy) is 1. The van der Waals surface area contributed by atoms with Crippen LogP contribution in [0.1, 0.15) is 48.9 Å². The van der Waals surface area contributed by atoms with E-state index in [1.54, 1.807) is 0 Å². The van der Waals surface area contributed by atoms with Crippen molar-refractivity contribution in [2.45, 2.75) is 44.6 Å². The molecule has 1 aliphatic rings. The van der Waals surface area contributed by atoms with Crippen LogP contribution in [0.2, 0.25) is 0 Å². The molecule has 1 saturated carbocycles. The van der Waals surface area contributed by atoms with Crippen LogP contribution >= 0.6 is 0 Å². The second kappa shape index (κ2) is 6.43. The predicted octanol–water partition coefficient (Wildman–Crippen LogP) is 3.61. The van der Waals surface area contributed by atoms with Gasteiger partial charge < -0.3 is 10.1 Å². The SMILES string of the molecule is CNc1ccccc1C(=O)OC1CCCCCC1. The fourth-order valence-electron chi connectivity index (χ4n) is 2.45. The molecule has 0 aliphatic heterocycles. The Morgan fingerprint density at radius 1 is 1.17 bits per heavy atom. The van der Waals surface area contributed by atoms with Crippen molar-refractivity contribution < 1.29 is 9.53 Å². The van der Waals surface area contributed by atoms with Gasteiger partial charge in [0.2, 0.25) is 0 Å². The second-order valence-electron chi connectivity index (χ2n) is 4.81. The number of rotatable bonds is 3. The Kier molecular flexibility index (Phi) is 4.62. The minimum Gasteiger partial charge on any atom is -0.459 e. The molecule has 1 N–H and O–H groups in total. The molecule has 0 heterocycles. The van der Waals surface area contributed by atoms with Gasteiger partial charge in [-0.2, -0.15) is 0 Å². The number of hydrogen-bond acceptors (Lipinski definition) is 3. The summed E-state index contributed by atoms with van der Waals surface area (Å²) >= 11 is 0. The summed E-state index contributed by atoms with van der Waals surface area (Å²) in [5.41, 5.74) is 1.46. The molecule has 0 radical (unpaired) electrons. The second-order valence-corrected chi connectivity index (χ2v) is 4.81. The third-order valence-corrected chi connectivity index (χ3v) is 3.49. The molecule has 98 valence electrons. The molecule has 18 heavy (non-hydrogen) atoms. The molecule has 1 aromatic carbocycles. The summed E-state index contributed by atoms with van der Waals surface area (Å²) in [4.78, 5) is 12.1. The Hall–Kier alpha value is -1.51. The largest absolute Gasteiger partial charge is 0.459 e. The van der Waals surface area contributed by atoms with E-state index in [0.717, 1.165) is 18.5 Å². The first-order chi connectivity index (χ1) is 8.81. The van der Waals surface area contributed by atoms with Crippen LogP contribution in [-0.4, -0.2) is 19.1 Å². The van der Waals surface area contributed by atoms with Crippen LogP contribution < -0.4 is 5.32 Å². The zero-order chi connectivity index (χ0) is 12.8. The molecule has 3 nitrogen and oxygen atoms in total. The van der Waals surface area contributed by atoms with Crippen molar-refractivity contribution >= 4 is 11.7 Å². The average Bonchev–Trinajstić information content (AvgIpc) is 2.67. The van der Waals surface area contributed by atoms with Gasteiger partial charge in [-0.3, -0.25) is 0 Å². The molecule has 0 unspecified atom stereocenters. The summed E-state index contributed by atoms with van der Waals surface area (Å²) in [7, 11) is 1.82. The smallest absolute Gasteiger partial charge is 0.340 e. The Bertz CT molecular complexity index is 395. The van der Waals surface area contributed by atoms with E-state index in [4.69, 9.17) is 4.74 Å². The highest BCUT2D eigenvalue weighted by molar-refractivity contribution is 5.95. The number of para-hydroxylation sites is 1. The van der Waals surface area contributed by atoms with Gasteiger partial charge in [0, 0.05) is 12.7 Å². The quantitative estimate of drug-likeness (QED) is 0.655. The monoisotopic (exact) mass is 247 g/mol. The lowest BCUT2D eigenvalue weighted by atomic mass is 10.1. The van der Waals surface area contributed by atoms with Gasteiger partial charge in [-0.1, -0.05) is 25.0 Å². The average molecular weight is 247 g/mol. The summed E-state index contributed by atoms with van der Waals surface area (Å²) < 4.78 is 5.62. The van der Waals surface area contributed by atoms with Crippen LogP contribution in [0, 0.1) is 0 Å². The molecular weight excluding hydrogens is 226 g/mol. The first-order valence-corrected chi connectivity index (χ1v) is 6.79. The van der Waals surface area contributed by atoms with Crippen LogP contribution in [0.4, 0.5) is 5.69 Å². The molecule has 1 aliphatic carbocycles. The molecule has 2 rings (SSSR count). The van der Waals surface area contributed by atoms with Crippen molar-refractivity contribution in [3.05, 3.63) is 29.8 Å². The molecule has 3 heteroatoms. The third-order valence-electron chi connectivity index (χ3n) is 3.49. The van der Waals surface area contributed by atoms with E-state index in [2.05, 4.69) is 5.32 Å².